The van der Waals surface area contributed by atoms with Crippen LogP contribution in [0.25, 0.3) is 0 Å². The van der Waals surface area contributed by atoms with E-state index in [1.807, 2.05) is 0 Å². The third-order valence-corrected chi connectivity index (χ3v) is 2.21. The van der Waals surface area contributed by atoms with Crippen molar-refractivity contribution in [2.45, 2.75) is 12.9 Å². The molecule has 0 saturated heterocycles. The maximum atomic E-state index is 12.1. The molecule has 0 fully saturated rings. The molecule has 0 atom stereocenters. The lowest BCUT2D eigenvalue weighted by Gasteiger charge is -2.13. The average Bonchev–Trinajstić information content (AvgIpc) is 2.12. The Balaban J connectivity index is 3.35. The molecule has 9 heteroatoms. The quantitative estimate of drug-likeness (QED) is 0.632. The van der Waals surface area contributed by atoms with Gasteiger partial charge in [-0.15, -0.1) is 13.2 Å². The van der Waals surface area contributed by atoms with Gasteiger partial charge >= 0.3 is 12.3 Å². The molecular weight excluding hydrogens is 356 g/mol. The van der Waals surface area contributed by atoms with Crippen LogP contribution in [0.3, 0.4) is 0 Å². The highest BCUT2D eigenvalue weighted by Gasteiger charge is 2.34. The second-order valence-corrected chi connectivity index (χ2v) is 3.93. The van der Waals surface area contributed by atoms with Gasteiger partial charge in [0.25, 0.3) is 0 Å². The number of alkyl halides is 3. The molecule has 0 bridgehead atoms. The van der Waals surface area contributed by atoms with E-state index in [1.165, 1.54) is 0 Å². The highest BCUT2D eigenvalue weighted by atomic mass is 127. The zero-order valence-electron chi connectivity index (χ0n) is 8.08. The molecule has 1 aromatic heterocycles. The minimum atomic E-state index is -4.97. The van der Waals surface area contributed by atoms with Gasteiger partial charge in [0.2, 0.25) is 0 Å². The minimum absolute atomic E-state index is 0.160. The summed E-state index contributed by atoms with van der Waals surface area (Å²) in [6.45, 7) is -0.299. The maximum absolute atomic E-state index is 12.1. The highest BCUT2D eigenvalue weighted by Crippen LogP contribution is 2.29. The number of nitrogens with zero attached hydrogens (tertiary/aromatic N) is 1. The van der Waals surface area contributed by atoms with E-state index in [0.717, 1.165) is 6.07 Å². The van der Waals surface area contributed by atoms with Crippen molar-refractivity contribution in [3.63, 3.8) is 0 Å². The Morgan fingerprint density at radius 2 is 2.18 bits per heavy atom. The van der Waals surface area contributed by atoms with Crippen LogP contribution in [0.2, 0.25) is 0 Å². The summed E-state index contributed by atoms with van der Waals surface area (Å²) in [6.07, 6.45) is -4.97. The van der Waals surface area contributed by atoms with E-state index in [0.29, 0.717) is 0 Å². The van der Waals surface area contributed by atoms with Crippen LogP contribution in [0, 0.1) is 3.70 Å². The molecule has 0 saturated carbocycles. The highest BCUT2D eigenvalue weighted by molar-refractivity contribution is 14.1. The van der Waals surface area contributed by atoms with Gasteiger partial charge in [0.05, 0.1) is 5.69 Å². The second-order valence-electron chi connectivity index (χ2n) is 2.82. The van der Waals surface area contributed by atoms with Crippen molar-refractivity contribution < 1.29 is 27.8 Å². The van der Waals surface area contributed by atoms with Crippen LogP contribution in [0.4, 0.5) is 13.2 Å². The molecule has 0 amide bonds. The molecule has 0 aliphatic rings. The monoisotopic (exact) mass is 362 g/mol. The molecule has 0 radical (unpaired) electrons. The summed E-state index contributed by atoms with van der Waals surface area (Å²) in [5.41, 5.74) is 4.39. The molecule has 1 heterocycles. The molecule has 3 N–H and O–H groups in total. The van der Waals surface area contributed by atoms with E-state index < -0.39 is 23.6 Å². The molecule has 0 aliphatic heterocycles. The predicted molar refractivity (Wildman–Crippen MR) is 58.5 cm³/mol. The zero-order valence-corrected chi connectivity index (χ0v) is 10.2. The van der Waals surface area contributed by atoms with E-state index in [9.17, 15) is 18.0 Å². The third kappa shape index (κ3) is 3.70. The summed E-state index contributed by atoms with van der Waals surface area (Å²) in [5.74, 6) is -2.39. The van der Waals surface area contributed by atoms with Gasteiger partial charge < -0.3 is 15.6 Å². The fourth-order valence-electron chi connectivity index (χ4n) is 1.12. The molecule has 0 aromatic carbocycles. The lowest BCUT2D eigenvalue weighted by Crippen LogP contribution is -2.21. The Morgan fingerprint density at radius 3 is 2.59 bits per heavy atom. The smallest absolute Gasteiger partial charge is 0.477 e. The number of carboxylic acids is 1. The Labute approximate surface area is 107 Å². The van der Waals surface area contributed by atoms with Crippen LogP contribution in [0.15, 0.2) is 6.07 Å². The van der Waals surface area contributed by atoms with Crippen molar-refractivity contribution in [3.05, 3.63) is 21.0 Å². The summed E-state index contributed by atoms with van der Waals surface area (Å²) in [5, 5.41) is 8.82. The van der Waals surface area contributed by atoms with E-state index in [2.05, 4.69) is 9.72 Å². The Morgan fingerprint density at radius 1 is 1.59 bits per heavy atom. The number of nitrogens with two attached hydrogens (primary N) is 1. The molecule has 5 nitrogen and oxygen atoms in total. The Kier molecular flexibility index (Phi) is 4.14. The van der Waals surface area contributed by atoms with Crippen molar-refractivity contribution in [1.29, 1.82) is 0 Å². The zero-order chi connectivity index (χ0) is 13.2. The van der Waals surface area contributed by atoms with Gasteiger partial charge in [-0.3, -0.25) is 0 Å². The number of ether oxygens (including phenoxy) is 1. The minimum Gasteiger partial charge on any atom is -0.477 e. The van der Waals surface area contributed by atoms with Crippen molar-refractivity contribution in [1.82, 2.24) is 4.98 Å². The number of halogens is 4. The summed E-state index contributed by atoms with van der Waals surface area (Å²) >= 11 is 1.64. The Hall–Kier alpha value is -1.10. The molecule has 0 unspecified atom stereocenters. The van der Waals surface area contributed by atoms with E-state index >= 15 is 0 Å². The largest absolute Gasteiger partial charge is 0.573 e. The van der Waals surface area contributed by atoms with Crippen molar-refractivity contribution >= 4 is 28.6 Å². The summed E-state index contributed by atoms with van der Waals surface area (Å²) in [4.78, 5) is 14.6. The van der Waals surface area contributed by atoms with Crippen LogP contribution in [-0.4, -0.2) is 22.4 Å². The number of carboxylic acid groups (broad SMARTS) is 1. The van der Waals surface area contributed by atoms with Crippen LogP contribution >= 0.6 is 22.6 Å². The number of pyridine rings is 1. The SMILES string of the molecule is NCc1nc(I)cc(OC(F)(F)F)c1C(=O)O. The lowest BCUT2D eigenvalue weighted by molar-refractivity contribution is -0.274. The average molecular weight is 362 g/mol. The predicted octanol–water partition coefficient (Wildman–Crippen LogP) is 1.74. The molecule has 1 aromatic rings. The number of rotatable bonds is 3. The van der Waals surface area contributed by atoms with Crippen LogP contribution in [0.5, 0.6) is 5.75 Å². The van der Waals surface area contributed by atoms with Crippen LogP contribution in [-0.2, 0) is 6.54 Å². The second kappa shape index (κ2) is 5.04. The molecule has 17 heavy (non-hydrogen) atoms. The van der Waals surface area contributed by atoms with Gasteiger partial charge in [0, 0.05) is 12.6 Å². The molecule has 0 spiro atoms. The molecule has 94 valence electrons. The number of aromatic carboxylic acids is 1. The molecular formula is C8H6F3IN2O3. The van der Waals surface area contributed by atoms with Gasteiger partial charge in [-0.2, -0.15) is 0 Å². The first kappa shape index (κ1) is 14.0. The fraction of sp³-hybridized carbons (Fsp3) is 0.250. The summed E-state index contributed by atoms with van der Waals surface area (Å²) < 4.78 is 40.0. The third-order valence-electron chi connectivity index (χ3n) is 1.66. The van der Waals surface area contributed by atoms with Gasteiger partial charge in [-0.25, -0.2) is 9.78 Å². The maximum Gasteiger partial charge on any atom is 0.573 e. The number of hydrogen-bond donors (Lipinski definition) is 2. The van der Waals surface area contributed by atoms with Crippen LogP contribution in [0.1, 0.15) is 16.1 Å². The molecule has 0 aliphatic carbocycles. The first-order valence-corrected chi connectivity index (χ1v) is 5.21. The van der Waals surface area contributed by atoms with Gasteiger partial charge in [-0.05, 0) is 22.6 Å². The van der Waals surface area contributed by atoms with Crippen molar-refractivity contribution in [2.75, 3.05) is 0 Å². The first-order valence-electron chi connectivity index (χ1n) is 4.13. The number of carbonyl (C=O) groups is 1. The van der Waals surface area contributed by atoms with E-state index in [4.69, 9.17) is 10.8 Å². The van der Waals surface area contributed by atoms with Gasteiger partial charge in [0.1, 0.15) is 15.0 Å². The lowest BCUT2D eigenvalue weighted by atomic mass is 10.2. The van der Waals surface area contributed by atoms with Crippen LogP contribution < -0.4 is 10.5 Å². The molecule has 1 rings (SSSR count). The first-order chi connectivity index (χ1) is 7.74. The van der Waals surface area contributed by atoms with Gasteiger partial charge in [0.15, 0.2) is 0 Å². The topological polar surface area (TPSA) is 85.4 Å². The summed E-state index contributed by atoms with van der Waals surface area (Å²) in [6, 6.07) is 0.886. The fourth-order valence-corrected chi connectivity index (χ4v) is 1.70. The van der Waals surface area contributed by atoms with Crippen molar-refractivity contribution in [2.24, 2.45) is 5.73 Å². The van der Waals surface area contributed by atoms with Crippen molar-refractivity contribution in [3.8, 4) is 5.75 Å². The summed E-state index contributed by atoms with van der Waals surface area (Å²) in [7, 11) is 0. The van der Waals surface area contributed by atoms with Gasteiger partial charge in [-0.1, -0.05) is 0 Å². The number of hydrogen-bond acceptors (Lipinski definition) is 4. The standard InChI is InChI=1S/C8H6F3IN2O3/c9-8(10,11)17-4-1-5(12)14-3(2-13)6(4)7(15)16/h1H,2,13H2,(H,15,16). The van der Waals surface area contributed by atoms with E-state index in [1.54, 1.807) is 22.6 Å². The number of aromatic nitrogens is 1. The Bertz CT molecular complexity index is 450. The normalized spacial score (nSPS) is 11.4. The van der Waals surface area contributed by atoms with E-state index in [-0.39, 0.29) is 15.9 Å².